The quantitative estimate of drug-likeness (QED) is 0.331. The molecule has 0 saturated heterocycles. The van der Waals surface area contributed by atoms with Crippen molar-refractivity contribution in [3.05, 3.63) is 0 Å². The number of carbonyl (C=O) groups excluding carboxylic acids is 1. The van der Waals surface area contributed by atoms with Crippen LogP contribution in [0.1, 0.15) is 6.42 Å². The summed E-state index contributed by atoms with van der Waals surface area (Å²) in [5.74, 6) is 0. The van der Waals surface area contributed by atoms with Crippen LogP contribution in [0.5, 0.6) is 0 Å². The number of ether oxygens (including phenoxy) is 1. The Labute approximate surface area is 69.7 Å². The SMILES string of the molecule is O=CCOCCCOP(=O)(O)O. The molecule has 0 bridgehead atoms. The summed E-state index contributed by atoms with van der Waals surface area (Å²) >= 11 is 0. The Morgan fingerprint density at radius 3 is 2.50 bits per heavy atom. The third kappa shape index (κ3) is 9.74. The average molecular weight is 198 g/mol. The lowest BCUT2D eigenvalue weighted by Crippen LogP contribution is -2.01. The van der Waals surface area contributed by atoms with Gasteiger partial charge < -0.3 is 19.3 Å². The van der Waals surface area contributed by atoms with Gasteiger partial charge in [-0.25, -0.2) is 4.57 Å². The van der Waals surface area contributed by atoms with E-state index < -0.39 is 7.82 Å². The molecule has 6 nitrogen and oxygen atoms in total. The lowest BCUT2D eigenvalue weighted by molar-refractivity contribution is -0.111. The third-order valence-electron chi connectivity index (χ3n) is 0.878. The Kier molecular flexibility index (Phi) is 6.14. The summed E-state index contributed by atoms with van der Waals surface area (Å²) in [7, 11) is -4.35. The first-order valence-corrected chi connectivity index (χ1v) is 4.81. The van der Waals surface area contributed by atoms with Gasteiger partial charge in [-0.1, -0.05) is 0 Å². The molecule has 0 atom stereocenters. The largest absolute Gasteiger partial charge is 0.469 e. The maximum absolute atomic E-state index is 10.1. The van der Waals surface area contributed by atoms with Gasteiger partial charge in [0.15, 0.2) is 0 Å². The van der Waals surface area contributed by atoms with E-state index >= 15 is 0 Å². The highest BCUT2D eigenvalue weighted by molar-refractivity contribution is 7.46. The second-order valence-electron chi connectivity index (χ2n) is 1.92. The average Bonchev–Trinajstić information content (AvgIpc) is 1.94. The number of aldehydes is 1. The number of hydrogen-bond acceptors (Lipinski definition) is 4. The van der Waals surface area contributed by atoms with E-state index in [4.69, 9.17) is 14.5 Å². The van der Waals surface area contributed by atoms with E-state index in [0.717, 1.165) is 0 Å². The van der Waals surface area contributed by atoms with Gasteiger partial charge in [0.25, 0.3) is 0 Å². The van der Waals surface area contributed by atoms with Crippen LogP contribution in [0.4, 0.5) is 0 Å². The summed E-state index contributed by atoms with van der Waals surface area (Å²) in [6.45, 7) is 0.164. The van der Waals surface area contributed by atoms with Gasteiger partial charge in [-0.15, -0.1) is 0 Å². The van der Waals surface area contributed by atoms with Crippen molar-refractivity contribution in [2.24, 2.45) is 0 Å². The third-order valence-corrected chi connectivity index (χ3v) is 1.40. The second-order valence-corrected chi connectivity index (χ2v) is 3.16. The van der Waals surface area contributed by atoms with Gasteiger partial charge >= 0.3 is 7.82 Å². The summed E-state index contributed by atoms with van der Waals surface area (Å²) < 4.78 is 18.9. The highest BCUT2D eigenvalue weighted by atomic mass is 31.2. The van der Waals surface area contributed by atoms with E-state index in [1.54, 1.807) is 0 Å². The zero-order valence-electron chi connectivity index (χ0n) is 6.38. The predicted molar refractivity (Wildman–Crippen MR) is 39.5 cm³/mol. The smallest absolute Gasteiger partial charge is 0.374 e. The molecule has 0 spiro atoms. The Morgan fingerprint density at radius 2 is 2.00 bits per heavy atom. The van der Waals surface area contributed by atoms with Crippen molar-refractivity contribution in [3.63, 3.8) is 0 Å². The minimum Gasteiger partial charge on any atom is -0.374 e. The lowest BCUT2D eigenvalue weighted by Gasteiger charge is -2.03. The molecule has 0 radical (unpaired) electrons. The molecule has 0 aromatic heterocycles. The molecule has 7 heteroatoms. The topological polar surface area (TPSA) is 93.1 Å². The number of carbonyl (C=O) groups is 1. The molecule has 0 unspecified atom stereocenters. The molecule has 0 aliphatic heterocycles. The van der Waals surface area contributed by atoms with Gasteiger partial charge in [0.05, 0.1) is 6.61 Å². The predicted octanol–water partition coefficient (Wildman–Crippen LogP) is -0.299. The van der Waals surface area contributed by atoms with E-state index in [9.17, 15) is 9.36 Å². The molecular formula is C5H11O6P. The van der Waals surface area contributed by atoms with Crippen LogP contribution in [0.2, 0.25) is 0 Å². The van der Waals surface area contributed by atoms with Crippen LogP contribution < -0.4 is 0 Å². The van der Waals surface area contributed by atoms with E-state index in [-0.39, 0.29) is 19.8 Å². The minimum absolute atomic E-state index is 0.00406. The molecule has 0 aliphatic rings. The molecule has 0 heterocycles. The fraction of sp³-hybridized carbons (Fsp3) is 0.800. The highest BCUT2D eigenvalue weighted by Gasteiger charge is 2.12. The molecule has 0 aromatic carbocycles. The van der Waals surface area contributed by atoms with Crippen LogP contribution in [-0.2, 0) is 18.6 Å². The van der Waals surface area contributed by atoms with Gasteiger partial charge in [-0.05, 0) is 6.42 Å². The molecule has 0 aromatic rings. The molecule has 0 amide bonds. The second kappa shape index (κ2) is 6.28. The van der Waals surface area contributed by atoms with Crippen LogP contribution in [-0.4, -0.2) is 35.9 Å². The maximum Gasteiger partial charge on any atom is 0.469 e. The van der Waals surface area contributed by atoms with E-state index in [0.29, 0.717) is 12.7 Å². The Balaban J connectivity index is 3.11. The first-order chi connectivity index (χ1) is 5.56. The van der Waals surface area contributed by atoms with E-state index in [2.05, 4.69) is 4.52 Å². The monoisotopic (exact) mass is 198 g/mol. The number of rotatable bonds is 7. The Hall–Kier alpha value is -0.260. The van der Waals surface area contributed by atoms with Gasteiger partial charge in [0.2, 0.25) is 0 Å². The minimum atomic E-state index is -4.35. The lowest BCUT2D eigenvalue weighted by atomic mass is 10.5. The highest BCUT2D eigenvalue weighted by Crippen LogP contribution is 2.35. The van der Waals surface area contributed by atoms with Crippen molar-refractivity contribution in [1.82, 2.24) is 0 Å². The fourth-order valence-corrected chi connectivity index (χ4v) is 0.843. The molecular weight excluding hydrogens is 187 g/mol. The zero-order chi connectivity index (χ0) is 9.45. The van der Waals surface area contributed by atoms with Crippen LogP contribution in [0.15, 0.2) is 0 Å². The Bertz CT molecular complexity index is 163. The van der Waals surface area contributed by atoms with Crippen LogP contribution in [0.25, 0.3) is 0 Å². The summed E-state index contributed by atoms with van der Waals surface area (Å²) in [5, 5.41) is 0. The van der Waals surface area contributed by atoms with Crippen LogP contribution in [0, 0.1) is 0 Å². The standard InChI is InChI=1S/C5H11O6P/c6-2-5-10-3-1-4-11-12(7,8)9/h2H,1,3-5H2,(H2,7,8,9). The van der Waals surface area contributed by atoms with Crippen molar-refractivity contribution >= 4 is 14.1 Å². The first kappa shape index (κ1) is 11.7. The van der Waals surface area contributed by atoms with E-state index in [1.807, 2.05) is 0 Å². The van der Waals surface area contributed by atoms with Gasteiger partial charge in [-0.2, -0.15) is 0 Å². The van der Waals surface area contributed by atoms with E-state index in [1.165, 1.54) is 0 Å². The number of phosphoric acid groups is 1. The van der Waals surface area contributed by atoms with Crippen molar-refractivity contribution in [2.75, 3.05) is 19.8 Å². The fourth-order valence-electron chi connectivity index (χ4n) is 0.476. The van der Waals surface area contributed by atoms with Crippen LogP contribution in [0.3, 0.4) is 0 Å². The van der Waals surface area contributed by atoms with Gasteiger partial charge in [0, 0.05) is 6.61 Å². The molecule has 0 aliphatic carbocycles. The Morgan fingerprint density at radius 1 is 1.33 bits per heavy atom. The molecule has 0 rings (SSSR count). The summed E-state index contributed by atoms with van der Waals surface area (Å²) in [5.41, 5.74) is 0. The molecule has 72 valence electrons. The van der Waals surface area contributed by atoms with Gasteiger partial charge in [-0.3, -0.25) is 4.52 Å². The van der Waals surface area contributed by atoms with Crippen molar-refractivity contribution in [1.29, 1.82) is 0 Å². The molecule has 0 fully saturated rings. The molecule has 2 N–H and O–H groups in total. The summed E-state index contributed by atoms with van der Waals surface area (Å²) in [4.78, 5) is 26.1. The van der Waals surface area contributed by atoms with Crippen molar-refractivity contribution < 1.29 is 28.4 Å². The summed E-state index contributed by atoms with van der Waals surface area (Å²) in [6, 6.07) is 0. The number of hydrogen-bond donors (Lipinski definition) is 2. The first-order valence-electron chi connectivity index (χ1n) is 3.28. The molecule has 0 saturated carbocycles. The normalized spacial score (nSPS) is 11.5. The maximum atomic E-state index is 10.1. The van der Waals surface area contributed by atoms with Gasteiger partial charge in [0.1, 0.15) is 12.9 Å². The molecule has 12 heavy (non-hydrogen) atoms. The van der Waals surface area contributed by atoms with Crippen molar-refractivity contribution in [3.8, 4) is 0 Å². The number of phosphoric ester groups is 1. The zero-order valence-corrected chi connectivity index (χ0v) is 7.27. The van der Waals surface area contributed by atoms with Crippen LogP contribution >= 0.6 is 7.82 Å². The summed E-state index contributed by atoms with van der Waals surface area (Å²) in [6.07, 6.45) is 0.947. The van der Waals surface area contributed by atoms with Crippen molar-refractivity contribution in [2.45, 2.75) is 6.42 Å².